The van der Waals surface area contributed by atoms with Crippen LogP contribution in [0.15, 0.2) is 48.4 Å². The number of carbonyl (C=O) groups is 2. The lowest BCUT2D eigenvalue weighted by Crippen LogP contribution is -2.45. The summed E-state index contributed by atoms with van der Waals surface area (Å²) in [6.07, 6.45) is 3.88. The molecule has 5 rings (SSSR count). The van der Waals surface area contributed by atoms with Crippen molar-refractivity contribution in [2.24, 2.45) is 0 Å². The lowest BCUT2D eigenvalue weighted by Gasteiger charge is -2.32. The number of hydrogen-bond donors (Lipinski definition) is 3. The molecule has 3 aromatic rings. The minimum Gasteiger partial charge on any atom is -0.497 e. The summed E-state index contributed by atoms with van der Waals surface area (Å²) in [4.78, 5) is 30.3. The molecule has 0 radical (unpaired) electrons. The van der Waals surface area contributed by atoms with E-state index in [1.165, 1.54) is 0 Å². The van der Waals surface area contributed by atoms with E-state index in [2.05, 4.69) is 49.6 Å². The highest BCUT2D eigenvalue weighted by molar-refractivity contribution is 6.15. The summed E-state index contributed by atoms with van der Waals surface area (Å²) in [5, 5.41) is 9.49. The standard InChI is InChI=1S/C29H36N6O4/c1-30-8-9-31-29(37)32-21-4-7-26-24(17-21)28(36)27(39-26)16-20-19-35(15-14-34-12-10-33(2)11-13-34)25-6-5-22(38-3)18-23(20)25/h4-7,16-19,30H,8-15H2,1-3H3,(H2,31,32,37)/b27-16-. The molecule has 0 spiro atoms. The third-order valence-electron chi connectivity index (χ3n) is 7.25. The molecule has 1 fully saturated rings. The summed E-state index contributed by atoms with van der Waals surface area (Å²) in [6.45, 7) is 7.25. The van der Waals surface area contributed by atoms with Crippen molar-refractivity contribution in [3.05, 3.63) is 59.5 Å². The highest BCUT2D eigenvalue weighted by atomic mass is 16.5. The number of carbonyl (C=O) groups excluding carboxylic acids is 2. The molecule has 0 saturated carbocycles. The Morgan fingerprint density at radius 3 is 2.67 bits per heavy atom. The van der Waals surface area contributed by atoms with Crippen molar-refractivity contribution in [3.8, 4) is 11.5 Å². The molecule has 10 nitrogen and oxygen atoms in total. The Balaban J connectivity index is 1.36. The molecule has 2 aliphatic heterocycles. The van der Waals surface area contributed by atoms with Crippen LogP contribution in [-0.2, 0) is 6.54 Å². The molecule has 1 aromatic heterocycles. The Morgan fingerprint density at radius 1 is 1.08 bits per heavy atom. The minimum atomic E-state index is -0.328. The molecule has 0 atom stereocenters. The largest absolute Gasteiger partial charge is 0.497 e. The van der Waals surface area contributed by atoms with Gasteiger partial charge in [0.25, 0.3) is 0 Å². The van der Waals surface area contributed by atoms with E-state index in [9.17, 15) is 9.59 Å². The van der Waals surface area contributed by atoms with Crippen LogP contribution in [0.1, 0.15) is 15.9 Å². The van der Waals surface area contributed by atoms with Crippen LogP contribution in [0.25, 0.3) is 17.0 Å². The van der Waals surface area contributed by atoms with Gasteiger partial charge in [-0.1, -0.05) is 0 Å². The fraction of sp³-hybridized carbons (Fsp3) is 0.379. The van der Waals surface area contributed by atoms with E-state index in [1.807, 2.05) is 19.2 Å². The maximum absolute atomic E-state index is 13.3. The number of piperazine rings is 1. The molecule has 1 saturated heterocycles. The summed E-state index contributed by atoms with van der Waals surface area (Å²) in [5.41, 5.74) is 2.92. The molecule has 3 heterocycles. The number of anilines is 1. The second kappa shape index (κ2) is 11.9. The van der Waals surface area contributed by atoms with Gasteiger partial charge in [0.2, 0.25) is 5.78 Å². The zero-order chi connectivity index (χ0) is 27.4. The molecule has 2 aliphatic rings. The number of allylic oxidation sites excluding steroid dienone is 1. The van der Waals surface area contributed by atoms with Crippen molar-refractivity contribution in [1.29, 1.82) is 0 Å². The highest BCUT2D eigenvalue weighted by Gasteiger charge is 2.28. The molecule has 0 bridgehead atoms. The number of Topliss-reactive ketones (excluding diaryl/α,β-unsaturated/α-hetero) is 1. The molecule has 0 aliphatic carbocycles. The van der Waals surface area contributed by atoms with Crippen LogP contribution in [0.2, 0.25) is 0 Å². The lowest BCUT2D eigenvalue weighted by molar-refractivity contribution is 0.101. The molecule has 10 heteroatoms. The maximum atomic E-state index is 13.3. The van der Waals surface area contributed by atoms with E-state index in [1.54, 1.807) is 31.4 Å². The van der Waals surface area contributed by atoms with E-state index >= 15 is 0 Å². The SMILES string of the molecule is CNCCNC(=O)Nc1ccc2c(c1)C(=O)/C(=C/c1cn(CCN3CCN(C)CC3)c3ccc(OC)cc13)O2. The average Bonchev–Trinajstić information content (AvgIpc) is 3.44. The number of likely N-dealkylation sites (N-methyl/N-ethyl adjacent to an activating group) is 2. The van der Waals surface area contributed by atoms with Crippen molar-refractivity contribution in [3.63, 3.8) is 0 Å². The Bertz CT molecular complexity index is 1390. The monoisotopic (exact) mass is 532 g/mol. The Morgan fingerprint density at radius 2 is 1.90 bits per heavy atom. The van der Waals surface area contributed by atoms with Gasteiger partial charge in [-0.15, -0.1) is 0 Å². The van der Waals surface area contributed by atoms with Gasteiger partial charge in [-0.05, 0) is 56.6 Å². The quantitative estimate of drug-likeness (QED) is 0.288. The van der Waals surface area contributed by atoms with Crippen LogP contribution in [0.3, 0.4) is 0 Å². The van der Waals surface area contributed by atoms with Gasteiger partial charge in [-0.3, -0.25) is 9.69 Å². The maximum Gasteiger partial charge on any atom is 0.319 e. The van der Waals surface area contributed by atoms with E-state index in [0.717, 1.165) is 61.5 Å². The zero-order valence-corrected chi connectivity index (χ0v) is 22.8. The molecule has 206 valence electrons. The number of ether oxygens (including phenoxy) is 2. The predicted octanol–water partition coefficient (Wildman–Crippen LogP) is 2.85. The third kappa shape index (κ3) is 6.08. The summed E-state index contributed by atoms with van der Waals surface area (Å²) in [5.74, 6) is 1.26. The number of amides is 2. The second-order valence-electron chi connectivity index (χ2n) is 9.94. The molecular formula is C29H36N6O4. The number of ketones is 1. The summed E-state index contributed by atoms with van der Waals surface area (Å²) in [6, 6.07) is 10.8. The first-order valence-corrected chi connectivity index (χ1v) is 13.3. The predicted molar refractivity (Wildman–Crippen MR) is 153 cm³/mol. The van der Waals surface area contributed by atoms with Crippen molar-refractivity contribution < 1.29 is 19.1 Å². The van der Waals surface area contributed by atoms with Gasteiger partial charge < -0.3 is 34.9 Å². The number of rotatable bonds is 9. The van der Waals surface area contributed by atoms with Gasteiger partial charge in [-0.25, -0.2) is 4.79 Å². The first-order chi connectivity index (χ1) is 18.9. The van der Waals surface area contributed by atoms with Crippen LogP contribution >= 0.6 is 0 Å². The fourth-order valence-corrected chi connectivity index (χ4v) is 4.94. The Labute approximate surface area is 228 Å². The van der Waals surface area contributed by atoms with E-state index in [4.69, 9.17) is 9.47 Å². The van der Waals surface area contributed by atoms with E-state index in [-0.39, 0.29) is 17.6 Å². The van der Waals surface area contributed by atoms with Crippen LogP contribution in [0.4, 0.5) is 10.5 Å². The number of nitrogens with one attached hydrogen (secondary N) is 3. The van der Waals surface area contributed by atoms with Gasteiger partial charge in [0.15, 0.2) is 5.76 Å². The van der Waals surface area contributed by atoms with Crippen molar-refractivity contribution in [1.82, 2.24) is 25.0 Å². The smallest absolute Gasteiger partial charge is 0.319 e. The van der Waals surface area contributed by atoms with Crippen molar-refractivity contribution in [2.45, 2.75) is 6.54 Å². The highest BCUT2D eigenvalue weighted by Crippen LogP contribution is 2.35. The van der Waals surface area contributed by atoms with Crippen molar-refractivity contribution in [2.75, 3.05) is 72.3 Å². The topological polar surface area (TPSA) is 100 Å². The number of hydrogen-bond acceptors (Lipinski definition) is 7. The van der Waals surface area contributed by atoms with E-state index < -0.39 is 0 Å². The number of methoxy groups -OCH3 is 1. The van der Waals surface area contributed by atoms with Crippen LogP contribution in [0, 0.1) is 0 Å². The molecule has 39 heavy (non-hydrogen) atoms. The van der Waals surface area contributed by atoms with Crippen LogP contribution < -0.4 is 25.4 Å². The molecule has 2 aromatic carbocycles. The number of nitrogens with zero attached hydrogens (tertiary/aromatic N) is 3. The number of aromatic nitrogens is 1. The number of fused-ring (bicyclic) bond motifs is 2. The van der Waals surface area contributed by atoms with Gasteiger partial charge in [0.1, 0.15) is 11.5 Å². The first-order valence-electron chi connectivity index (χ1n) is 13.3. The van der Waals surface area contributed by atoms with Gasteiger partial charge >= 0.3 is 6.03 Å². The molecular weight excluding hydrogens is 496 g/mol. The second-order valence-corrected chi connectivity index (χ2v) is 9.94. The molecule has 2 amide bonds. The number of benzene rings is 2. The zero-order valence-electron chi connectivity index (χ0n) is 22.8. The summed E-state index contributed by atoms with van der Waals surface area (Å²) >= 11 is 0. The van der Waals surface area contributed by atoms with Crippen LogP contribution in [-0.4, -0.2) is 93.2 Å². The van der Waals surface area contributed by atoms with Gasteiger partial charge in [0, 0.05) is 80.7 Å². The van der Waals surface area contributed by atoms with Gasteiger partial charge in [0.05, 0.1) is 12.7 Å². The Kier molecular flexibility index (Phi) is 8.16. The minimum absolute atomic E-state index is 0.217. The number of urea groups is 1. The normalized spacial score (nSPS) is 16.9. The summed E-state index contributed by atoms with van der Waals surface area (Å²) in [7, 11) is 5.63. The van der Waals surface area contributed by atoms with E-state index in [0.29, 0.717) is 30.1 Å². The van der Waals surface area contributed by atoms with Crippen LogP contribution in [0.5, 0.6) is 11.5 Å². The van der Waals surface area contributed by atoms with Crippen molar-refractivity contribution >= 4 is 34.5 Å². The third-order valence-corrected chi connectivity index (χ3v) is 7.25. The van der Waals surface area contributed by atoms with Gasteiger partial charge in [-0.2, -0.15) is 0 Å². The summed E-state index contributed by atoms with van der Waals surface area (Å²) < 4.78 is 13.7. The molecule has 0 unspecified atom stereocenters. The first kappa shape index (κ1) is 26.7. The fourth-order valence-electron chi connectivity index (χ4n) is 4.94. The Hall–Kier alpha value is -3.86. The molecule has 3 N–H and O–H groups in total. The lowest BCUT2D eigenvalue weighted by atomic mass is 10.1. The average molecular weight is 533 g/mol.